The predicted octanol–water partition coefficient (Wildman–Crippen LogP) is 2.31. The molecule has 2 heterocycles. The van der Waals surface area contributed by atoms with Gasteiger partial charge in [0, 0.05) is 26.2 Å². The molecule has 2 amide bonds. The van der Waals surface area contributed by atoms with Crippen LogP contribution in [0.2, 0.25) is 0 Å². The summed E-state index contributed by atoms with van der Waals surface area (Å²) in [5, 5.41) is 8.15. The molecule has 0 saturated carbocycles. The molecular weight excluding hydrogens is 361 g/mol. The van der Waals surface area contributed by atoms with Crippen LogP contribution in [0.25, 0.3) is 0 Å². The Hall–Kier alpha value is -2.77. The van der Waals surface area contributed by atoms with Crippen LogP contribution in [0.15, 0.2) is 30.5 Å². The number of likely N-dealkylation sites (tertiary alicyclic amines) is 1. The SMILES string of the molecule is CCN(CC)C(=O)c1cn(C2CCN(C(=O)Cc3ccccc3F)CC2)nn1. The van der Waals surface area contributed by atoms with Gasteiger partial charge in [-0.1, -0.05) is 23.4 Å². The summed E-state index contributed by atoms with van der Waals surface area (Å²) in [5.41, 5.74) is 0.771. The zero-order chi connectivity index (χ0) is 20.1. The van der Waals surface area contributed by atoms with Crippen molar-refractivity contribution in [1.29, 1.82) is 0 Å². The smallest absolute Gasteiger partial charge is 0.276 e. The van der Waals surface area contributed by atoms with E-state index in [0.29, 0.717) is 37.4 Å². The highest BCUT2D eigenvalue weighted by Crippen LogP contribution is 2.23. The van der Waals surface area contributed by atoms with Gasteiger partial charge in [0.25, 0.3) is 5.91 Å². The van der Waals surface area contributed by atoms with E-state index in [2.05, 4.69) is 10.3 Å². The minimum absolute atomic E-state index is 0.0699. The van der Waals surface area contributed by atoms with Gasteiger partial charge >= 0.3 is 0 Å². The van der Waals surface area contributed by atoms with Gasteiger partial charge in [-0.15, -0.1) is 5.10 Å². The van der Waals surface area contributed by atoms with Crippen LogP contribution in [0.5, 0.6) is 0 Å². The van der Waals surface area contributed by atoms with Gasteiger partial charge in [0.15, 0.2) is 5.69 Å². The van der Waals surface area contributed by atoms with Gasteiger partial charge in [-0.2, -0.15) is 0 Å². The number of nitrogens with zero attached hydrogens (tertiary/aromatic N) is 5. The molecule has 28 heavy (non-hydrogen) atoms. The van der Waals surface area contributed by atoms with Crippen LogP contribution in [0.3, 0.4) is 0 Å². The predicted molar refractivity (Wildman–Crippen MR) is 102 cm³/mol. The summed E-state index contributed by atoms with van der Waals surface area (Å²) >= 11 is 0. The van der Waals surface area contributed by atoms with E-state index in [0.717, 1.165) is 12.8 Å². The fraction of sp³-hybridized carbons (Fsp3) is 0.500. The Labute approximate surface area is 164 Å². The zero-order valence-electron chi connectivity index (χ0n) is 16.3. The van der Waals surface area contributed by atoms with Gasteiger partial charge in [-0.25, -0.2) is 9.07 Å². The van der Waals surface area contributed by atoms with Crippen molar-refractivity contribution in [3.8, 4) is 0 Å². The summed E-state index contributed by atoms with van der Waals surface area (Å²) in [5.74, 6) is -0.535. The number of aromatic nitrogens is 3. The minimum Gasteiger partial charge on any atom is -0.342 e. The number of rotatable bonds is 6. The molecule has 150 valence electrons. The topological polar surface area (TPSA) is 71.3 Å². The number of halogens is 1. The van der Waals surface area contributed by atoms with Crippen molar-refractivity contribution in [3.05, 3.63) is 47.5 Å². The minimum atomic E-state index is -0.348. The van der Waals surface area contributed by atoms with Gasteiger partial charge < -0.3 is 9.80 Å². The summed E-state index contributed by atoms with van der Waals surface area (Å²) in [6, 6.07) is 6.47. The first-order chi connectivity index (χ1) is 13.5. The van der Waals surface area contributed by atoms with Crippen molar-refractivity contribution < 1.29 is 14.0 Å². The maximum atomic E-state index is 13.8. The average molecular weight is 387 g/mol. The highest BCUT2D eigenvalue weighted by atomic mass is 19.1. The Balaban J connectivity index is 1.56. The summed E-state index contributed by atoms with van der Waals surface area (Å²) in [4.78, 5) is 28.3. The lowest BCUT2D eigenvalue weighted by Crippen LogP contribution is -2.40. The third-order valence-corrected chi connectivity index (χ3v) is 5.27. The molecule has 1 aliphatic heterocycles. The van der Waals surface area contributed by atoms with Crippen molar-refractivity contribution in [2.45, 2.75) is 39.2 Å². The maximum Gasteiger partial charge on any atom is 0.276 e. The van der Waals surface area contributed by atoms with E-state index in [9.17, 15) is 14.0 Å². The summed E-state index contributed by atoms with van der Waals surface area (Å²) in [6.07, 6.45) is 3.22. The van der Waals surface area contributed by atoms with Gasteiger partial charge in [0.2, 0.25) is 5.91 Å². The van der Waals surface area contributed by atoms with Crippen LogP contribution in [-0.2, 0) is 11.2 Å². The van der Waals surface area contributed by atoms with E-state index in [1.165, 1.54) is 6.07 Å². The van der Waals surface area contributed by atoms with E-state index < -0.39 is 0 Å². The van der Waals surface area contributed by atoms with Crippen LogP contribution >= 0.6 is 0 Å². The molecule has 8 heteroatoms. The standard InChI is InChI=1S/C20H26FN5O2/c1-3-24(4-2)20(28)18-14-26(23-22-18)16-9-11-25(12-10-16)19(27)13-15-7-5-6-8-17(15)21/h5-8,14,16H,3-4,9-13H2,1-2H3. The molecule has 1 fully saturated rings. The van der Waals surface area contributed by atoms with Crippen molar-refractivity contribution in [2.75, 3.05) is 26.2 Å². The molecule has 1 aromatic carbocycles. The average Bonchev–Trinajstić information content (AvgIpc) is 3.21. The number of amides is 2. The Morgan fingerprint density at radius 1 is 1.18 bits per heavy atom. The number of piperidine rings is 1. The molecule has 1 aliphatic rings. The van der Waals surface area contributed by atoms with Crippen molar-refractivity contribution >= 4 is 11.8 Å². The third kappa shape index (κ3) is 4.37. The van der Waals surface area contributed by atoms with Gasteiger partial charge in [-0.05, 0) is 38.3 Å². The molecule has 0 N–H and O–H groups in total. The Kier molecular flexibility index (Phi) is 6.38. The molecule has 0 aliphatic carbocycles. The van der Waals surface area contributed by atoms with Gasteiger partial charge in [0.05, 0.1) is 18.7 Å². The van der Waals surface area contributed by atoms with E-state index in [1.54, 1.807) is 38.9 Å². The van der Waals surface area contributed by atoms with E-state index >= 15 is 0 Å². The van der Waals surface area contributed by atoms with Crippen LogP contribution in [-0.4, -0.2) is 62.8 Å². The third-order valence-electron chi connectivity index (χ3n) is 5.27. The molecule has 2 aromatic rings. The molecule has 0 atom stereocenters. The van der Waals surface area contributed by atoms with Crippen LogP contribution in [0.1, 0.15) is 48.8 Å². The largest absolute Gasteiger partial charge is 0.342 e. The zero-order valence-corrected chi connectivity index (χ0v) is 16.3. The van der Waals surface area contributed by atoms with Crippen molar-refractivity contribution in [1.82, 2.24) is 24.8 Å². The normalized spacial score (nSPS) is 14.9. The summed E-state index contributed by atoms with van der Waals surface area (Å²) < 4.78 is 15.5. The van der Waals surface area contributed by atoms with Crippen LogP contribution in [0, 0.1) is 5.82 Å². The Morgan fingerprint density at radius 3 is 2.50 bits per heavy atom. The van der Waals surface area contributed by atoms with Crippen LogP contribution in [0.4, 0.5) is 4.39 Å². The second-order valence-electron chi connectivity index (χ2n) is 6.94. The highest BCUT2D eigenvalue weighted by Gasteiger charge is 2.26. The monoisotopic (exact) mass is 387 g/mol. The summed E-state index contributed by atoms with van der Waals surface area (Å²) in [7, 11) is 0. The fourth-order valence-electron chi connectivity index (χ4n) is 3.52. The number of hydrogen-bond donors (Lipinski definition) is 0. The molecule has 0 spiro atoms. The molecular formula is C20H26FN5O2. The van der Waals surface area contributed by atoms with Crippen LogP contribution < -0.4 is 0 Å². The Morgan fingerprint density at radius 2 is 1.86 bits per heavy atom. The molecule has 0 unspecified atom stereocenters. The second-order valence-corrected chi connectivity index (χ2v) is 6.94. The fourth-order valence-corrected chi connectivity index (χ4v) is 3.52. The number of hydrogen-bond acceptors (Lipinski definition) is 4. The first-order valence-electron chi connectivity index (χ1n) is 9.75. The van der Waals surface area contributed by atoms with Gasteiger partial charge in [-0.3, -0.25) is 9.59 Å². The molecule has 3 rings (SSSR count). The molecule has 0 radical (unpaired) electrons. The van der Waals surface area contributed by atoms with E-state index in [-0.39, 0.29) is 30.1 Å². The lowest BCUT2D eigenvalue weighted by Gasteiger charge is -2.32. The quantitative estimate of drug-likeness (QED) is 0.763. The molecule has 1 saturated heterocycles. The first-order valence-corrected chi connectivity index (χ1v) is 9.75. The van der Waals surface area contributed by atoms with Gasteiger partial charge in [0.1, 0.15) is 5.82 Å². The lowest BCUT2D eigenvalue weighted by atomic mass is 10.0. The van der Waals surface area contributed by atoms with E-state index in [4.69, 9.17) is 0 Å². The molecule has 1 aromatic heterocycles. The molecule has 0 bridgehead atoms. The van der Waals surface area contributed by atoms with Crippen molar-refractivity contribution in [2.24, 2.45) is 0 Å². The maximum absolute atomic E-state index is 13.8. The number of carbonyl (C=O) groups excluding carboxylic acids is 2. The molecule has 7 nitrogen and oxygen atoms in total. The lowest BCUT2D eigenvalue weighted by molar-refractivity contribution is -0.131. The number of carbonyl (C=O) groups is 2. The first kappa shape index (κ1) is 20.0. The van der Waals surface area contributed by atoms with Crippen molar-refractivity contribution in [3.63, 3.8) is 0 Å². The van der Waals surface area contributed by atoms with E-state index in [1.807, 2.05) is 13.8 Å². The highest BCUT2D eigenvalue weighted by molar-refractivity contribution is 5.91. The number of benzene rings is 1. The second kappa shape index (κ2) is 8.95. The summed E-state index contributed by atoms with van der Waals surface area (Å²) in [6.45, 7) is 6.28. The Bertz CT molecular complexity index is 826.